The average Bonchev–Trinajstić information content (AvgIpc) is 3.34. The summed E-state index contributed by atoms with van der Waals surface area (Å²) in [5.74, 6) is 0.983. The lowest BCUT2D eigenvalue weighted by Crippen LogP contribution is -2.51. The molecule has 120 valence electrons. The van der Waals surface area contributed by atoms with Crippen LogP contribution in [0.4, 0.5) is 0 Å². The van der Waals surface area contributed by atoms with Crippen molar-refractivity contribution >= 4 is 5.96 Å². The van der Waals surface area contributed by atoms with Crippen LogP contribution in [-0.2, 0) is 6.54 Å². The van der Waals surface area contributed by atoms with Crippen LogP contribution in [0.15, 0.2) is 35.3 Å². The van der Waals surface area contributed by atoms with Gasteiger partial charge in [0.05, 0.1) is 0 Å². The molecule has 3 rings (SSSR count). The van der Waals surface area contributed by atoms with Crippen LogP contribution in [0.5, 0.6) is 0 Å². The SMILES string of the molecule is CN=C(NC1CC1)NC1CCN(Cc2ccccc2)C(C)C1. The Morgan fingerprint density at radius 2 is 1.86 bits per heavy atom. The van der Waals surface area contributed by atoms with Crippen molar-refractivity contribution in [2.45, 2.75) is 57.3 Å². The van der Waals surface area contributed by atoms with Gasteiger partial charge in [-0.05, 0) is 38.2 Å². The van der Waals surface area contributed by atoms with Gasteiger partial charge in [0.25, 0.3) is 0 Å². The summed E-state index contributed by atoms with van der Waals surface area (Å²) in [4.78, 5) is 6.94. The lowest BCUT2D eigenvalue weighted by molar-refractivity contribution is 0.134. The Morgan fingerprint density at radius 3 is 2.50 bits per heavy atom. The summed E-state index contributed by atoms with van der Waals surface area (Å²) in [7, 11) is 1.87. The normalized spacial score (nSPS) is 26.7. The number of likely N-dealkylation sites (tertiary alicyclic amines) is 1. The lowest BCUT2D eigenvalue weighted by Gasteiger charge is -2.38. The fourth-order valence-corrected chi connectivity index (χ4v) is 3.19. The number of guanidine groups is 1. The average molecular weight is 300 g/mol. The van der Waals surface area contributed by atoms with Crippen molar-refractivity contribution in [3.05, 3.63) is 35.9 Å². The number of nitrogens with zero attached hydrogens (tertiary/aromatic N) is 2. The predicted octanol–water partition coefficient (Wildman–Crippen LogP) is 2.37. The summed E-state index contributed by atoms with van der Waals surface area (Å²) in [6.45, 7) is 4.55. The van der Waals surface area contributed by atoms with E-state index in [1.807, 2.05) is 7.05 Å². The Balaban J connectivity index is 1.48. The molecule has 2 aliphatic rings. The molecule has 0 aromatic heterocycles. The maximum Gasteiger partial charge on any atom is 0.191 e. The van der Waals surface area contributed by atoms with Crippen LogP contribution in [0.3, 0.4) is 0 Å². The molecule has 1 heterocycles. The van der Waals surface area contributed by atoms with Crippen molar-refractivity contribution in [2.75, 3.05) is 13.6 Å². The van der Waals surface area contributed by atoms with Gasteiger partial charge in [-0.25, -0.2) is 0 Å². The molecule has 22 heavy (non-hydrogen) atoms. The summed E-state index contributed by atoms with van der Waals surface area (Å²) >= 11 is 0. The molecule has 1 saturated heterocycles. The van der Waals surface area contributed by atoms with Gasteiger partial charge in [-0.15, -0.1) is 0 Å². The summed E-state index contributed by atoms with van der Waals surface area (Å²) in [6, 6.07) is 12.6. The van der Waals surface area contributed by atoms with Crippen molar-refractivity contribution in [1.29, 1.82) is 0 Å². The molecular formula is C18H28N4. The molecule has 1 aliphatic carbocycles. The molecule has 1 saturated carbocycles. The van der Waals surface area contributed by atoms with Crippen molar-refractivity contribution in [3.63, 3.8) is 0 Å². The number of hydrogen-bond donors (Lipinski definition) is 2. The summed E-state index contributed by atoms with van der Waals surface area (Å²) < 4.78 is 0. The van der Waals surface area contributed by atoms with Crippen molar-refractivity contribution in [2.24, 2.45) is 4.99 Å². The van der Waals surface area contributed by atoms with E-state index in [0.717, 1.165) is 19.0 Å². The standard InChI is InChI=1S/C18H28N4/c1-14-12-17(21-18(19-2)20-16-8-9-16)10-11-22(14)13-15-6-4-3-5-7-15/h3-7,14,16-17H,8-13H2,1-2H3,(H2,19,20,21). The second-order valence-corrected chi connectivity index (χ2v) is 6.66. The number of benzene rings is 1. The quantitative estimate of drug-likeness (QED) is 0.662. The van der Waals surface area contributed by atoms with Gasteiger partial charge in [0.1, 0.15) is 0 Å². The number of rotatable bonds is 4. The van der Waals surface area contributed by atoms with Crippen LogP contribution in [-0.4, -0.2) is 42.6 Å². The molecule has 2 unspecified atom stereocenters. The van der Waals surface area contributed by atoms with E-state index >= 15 is 0 Å². The van der Waals surface area contributed by atoms with Crippen molar-refractivity contribution < 1.29 is 0 Å². The van der Waals surface area contributed by atoms with E-state index in [4.69, 9.17) is 0 Å². The van der Waals surface area contributed by atoms with Gasteiger partial charge >= 0.3 is 0 Å². The lowest BCUT2D eigenvalue weighted by atomic mass is 9.97. The Hall–Kier alpha value is -1.55. The highest BCUT2D eigenvalue weighted by atomic mass is 15.2. The van der Waals surface area contributed by atoms with E-state index in [1.165, 1.54) is 31.2 Å². The number of piperidine rings is 1. The van der Waals surface area contributed by atoms with E-state index in [9.17, 15) is 0 Å². The van der Waals surface area contributed by atoms with E-state index in [-0.39, 0.29) is 0 Å². The van der Waals surface area contributed by atoms with Crippen LogP contribution in [0.2, 0.25) is 0 Å². The zero-order valence-electron chi connectivity index (χ0n) is 13.8. The molecule has 1 aliphatic heterocycles. The first-order chi connectivity index (χ1) is 10.7. The third-order valence-electron chi connectivity index (χ3n) is 4.72. The molecule has 0 radical (unpaired) electrons. The van der Waals surface area contributed by atoms with Gasteiger partial charge < -0.3 is 10.6 Å². The predicted molar refractivity (Wildman–Crippen MR) is 92.0 cm³/mol. The molecule has 0 spiro atoms. The molecule has 4 nitrogen and oxygen atoms in total. The molecule has 2 fully saturated rings. The van der Waals surface area contributed by atoms with Crippen LogP contribution in [0.25, 0.3) is 0 Å². The van der Waals surface area contributed by atoms with Gasteiger partial charge in [-0.3, -0.25) is 9.89 Å². The van der Waals surface area contributed by atoms with E-state index in [0.29, 0.717) is 18.1 Å². The van der Waals surface area contributed by atoms with Crippen LogP contribution >= 0.6 is 0 Å². The van der Waals surface area contributed by atoms with Gasteiger partial charge in [0, 0.05) is 38.3 Å². The Bertz CT molecular complexity index is 495. The van der Waals surface area contributed by atoms with Gasteiger partial charge in [-0.1, -0.05) is 30.3 Å². The Morgan fingerprint density at radius 1 is 1.14 bits per heavy atom. The zero-order chi connectivity index (χ0) is 15.4. The molecule has 0 bridgehead atoms. The zero-order valence-corrected chi connectivity index (χ0v) is 13.8. The Kier molecular flexibility index (Phi) is 4.98. The maximum absolute atomic E-state index is 4.35. The highest BCUT2D eigenvalue weighted by molar-refractivity contribution is 5.80. The first kappa shape index (κ1) is 15.3. The highest BCUT2D eigenvalue weighted by Crippen LogP contribution is 2.21. The highest BCUT2D eigenvalue weighted by Gasteiger charge is 2.27. The van der Waals surface area contributed by atoms with Crippen molar-refractivity contribution in [3.8, 4) is 0 Å². The monoisotopic (exact) mass is 300 g/mol. The topological polar surface area (TPSA) is 39.7 Å². The molecule has 1 aromatic carbocycles. The third kappa shape index (κ3) is 4.23. The van der Waals surface area contributed by atoms with E-state index in [2.05, 4.69) is 57.8 Å². The number of hydrogen-bond acceptors (Lipinski definition) is 2. The minimum Gasteiger partial charge on any atom is -0.354 e. The second kappa shape index (κ2) is 7.14. The second-order valence-electron chi connectivity index (χ2n) is 6.66. The summed E-state index contributed by atoms with van der Waals surface area (Å²) in [5.41, 5.74) is 1.41. The first-order valence-electron chi connectivity index (χ1n) is 8.52. The number of nitrogens with one attached hydrogen (secondary N) is 2. The minimum absolute atomic E-state index is 0.534. The van der Waals surface area contributed by atoms with Crippen LogP contribution in [0, 0.1) is 0 Å². The summed E-state index contributed by atoms with van der Waals surface area (Å²) in [6.07, 6.45) is 4.93. The Labute approximate surface area is 134 Å². The smallest absolute Gasteiger partial charge is 0.191 e. The third-order valence-corrected chi connectivity index (χ3v) is 4.72. The molecule has 1 aromatic rings. The molecule has 2 N–H and O–H groups in total. The fourth-order valence-electron chi connectivity index (χ4n) is 3.19. The van der Waals surface area contributed by atoms with E-state index < -0.39 is 0 Å². The van der Waals surface area contributed by atoms with Crippen LogP contribution in [0.1, 0.15) is 38.2 Å². The largest absolute Gasteiger partial charge is 0.354 e. The molecule has 0 amide bonds. The molecule has 2 atom stereocenters. The first-order valence-corrected chi connectivity index (χ1v) is 8.52. The van der Waals surface area contributed by atoms with Gasteiger partial charge in [0.15, 0.2) is 5.96 Å². The summed E-state index contributed by atoms with van der Waals surface area (Å²) in [5, 5.41) is 7.08. The van der Waals surface area contributed by atoms with Crippen LogP contribution < -0.4 is 10.6 Å². The fraction of sp³-hybridized carbons (Fsp3) is 0.611. The van der Waals surface area contributed by atoms with E-state index in [1.54, 1.807) is 0 Å². The molecular weight excluding hydrogens is 272 g/mol. The van der Waals surface area contributed by atoms with Gasteiger partial charge in [-0.2, -0.15) is 0 Å². The van der Waals surface area contributed by atoms with Crippen molar-refractivity contribution in [1.82, 2.24) is 15.5 Å². The molecule has 4 heteroatoms. The maximum atomic E-state index is 4.35. The minimum atomic E-state index is 0.534. The number of aliphatic imine (C=N–C) groups is 1. The van der Waals surface area contributed by atoms with Gasteiger partial charge in [0.2, 0.25) is 0 Å².